The number of aromatic nitrogens is 3. The molecule has 0 bridgehead atoms. The molecular weight excluding hydrogens is 270 g/mol. The van der Waals surface area contributed by atoms with Gasteiger partial charge in [0, 0.05) is 12.1 Å². The fraction of sp³-hybridized carbons (Fsp3) is 0.143. The highest BCUT2D eigenvalue weighted by Gasteiger charge is 2.11. The first kappa shape index (κ1) is 13.0. The molecular formula is C14H13N5O2. The monoisotopic (exact) mass is 283 g/mol. The highest BCUT2D eigenvalue weighted by molar-refractivity contribution is 5.92. The molecule has 2 aromatic heterocycles. The molecule has 0 aliphatic rings. The maximum atomic E-state index is 11.0. The van der Waals surface area contributed by atoms with Crippen LogP contribution in [-0.2, 0) is 6.54 Å². The molecule has 1 amide bonds. The van der Waals surface area contributed by atoms with E-state index in [1.54, 1.807) is 12.1 Å². The second-order valence-corrected chi connectivity index (χ2v) is 4.59. The summed E-state index contributed by atoms with van der Waals surface area (Å²) < 4.78 is 5.09. The molecule has 0 radical (unpaired) electrons. The van der Waals surface area contributed by atoms with Gasteiger partial charge in [0.05, 0.1) is 5.69 Å². The van der Waals surface area contributed by atoms with Gasteiger partial charge in [-0.2, -0.15) is 4.98 Å². The number of hydrogen-bond donors (Lipinski definition) is 2. The lowest BCUT2D eigenvalue weighted by molar-refractivity contribution is 0.100. The number of primary amides is 1. The fourth-order valence-electron chi connectivity index (χ4n) is 2.03. The fourth-order valence-corrected chi connectivity index (χ4v) is 2.03. The molecule has 106 valence electrons. The molecule has 0 aliphatic carbocycles. The van der Waals surface area contributed by atoms with Gasteiger partial charge in [0.1, 0.15) is 17.5 Å². The number of carbonyl (C=O) groups excluding carboxylic acids is 1. The molecule has 1 aromatic carbocycles. The molecule has 0 spiro atoms. The number of benzene rings is 1. The van der Waals surface area contributed by atoms with Gasteiger partial charge in [-0.15, -0.1) is 0 Å². The summed E-state index contributed by atoms with van der Waals surface area (Å²) in [6.45, 7) is 2.39. The summed E-state index contributed by atoms with van der Waals surface area (Å²) >= 11 is 0. The largest absolute Gasteiger partial charge is 0.366 e. The number of amides is 1. The van der Waals surface area contributed by atoms with Crippen LogP contribution in [0.2, 0.25) is 0 Å². The lowest BCUT2D eigenvalue weighted by atomic mass is 10.1. The lowest BCUT2D eigenvalue weighted by Gasteiger charge is -2.06. The van der Waals surface area contributed by atoms with E-state index in [2.05, 4.69) is 20.4 Å². The van der Waals surface area contributed by atoms with Crippen molar-refractivity contribution in [1.82, 2.24) is 15.1 Å². The van der Waals surface area contributed by atoms with Gasteiger partial charge in [0.15, 0.2) is 0 Å². The number of nitrogens with one attached hydrogen (secondary N) is 1. The number of hydrogen-bond acceptors (Lipinski definition) is 6. The molecule has 7 heteroatoms. The Balaban J connectivity index is 1.80. The number of nitrogens with zero attached hydrogens (tertiary/aromatic N) is 3. The van der Waals surface area contributed by atoms with Crippen molar-refractivity contribution in [3.63, 3.8) is 0 Å². The molecule has 0 unspecified atom stereocenters. The number of nitrogens with two attached hydrogens (primary N) is 1. The predicted molar refractivity (Wildman–Crippen MR) is 76.6 cm³/mol. The summed E-state index contributed by atoms with van der Waals surface area (Å²) in [6.07, 6.45) is 1.42. The van der Waals surface area contributed by atoms with Crippen LogP contribution in [0.25, 0.3) is 11.1 Å². The Hall–Kier alpha value is -2.96. The zero-order valence-corrected chi connectivity index (χ0v) is 11.3. The highest BCUT2D eigenvalue weighted by atomic mass is 16.5. The van der Waals surface area contributed by atoms with Crippen molar-refractivity contribution in [2.75, 3.05) is 5.32 Å². The Morgan fingerprint density at radius 3 is 2.76 bits per heavy atom. The van der Waals surface area contributed by atoms with E-state index in [1.165, 1.54) is 6.33 Å². The Morgan fingerprint density at radius 1 is 1.29 bits per heavy atom. The normalized spacial score (nSPS) is 10.7. The van der Waals surface area contributed by atoms with Crippen LogP contribution in [0.1, 0.15) is 21.6 Å². The van der Waals surface area contributed by atoms with Crippen LogP contribution in [0, 0.1) is 6.92 Å². The van der Waals surface area contributed by atoms with Gasteiger partial charge in [-0.25, -0.2) is 4.98 Å². The van der Waals surface area contributed by atoms with Gasteiger partial charge in [-0.1, -0.05) is 17.3 Å². The number of carbonyl (C=O) groups is 1. The molecule has 0 saturated heterocycles. The third-order valence-electron chi connectivity index (χ3n) is 3.14. The van der Waals surface area contributed by atoms with Crippen LogP contribution >= 0.6 is 0 Å². The highest BCUT2D eigenvalue weighted by Crippen LogP contribution is 2.22. The minimum absolute atomic E-state index is 0.438. The van der Waals surface area contributed by atoms with E-state index in [1.807, 2.05) is 19.1 Å². The third-order valence-corrected chi connectivity index (χ3v) is 3.14. The van der Waals surface area contributed by atoms with E-state index < -0.39 is 5.91 Å². The summed E-state index contributed by atoms with van der Waals surface area (Å²) in [5, 5.41) is 7.86. The molecule has 0 saturated carbocycles. The second kappa shape index (κ2) is 5.20. The van der Waals surface area contributed by atoms with Crippen LogP contribution in [0.3, 0.4) is 0 Å². The molecule has 7 nitrogen and oxygen atoms in total. The summed E-state index contributed by atoms with van der Waals surface area (Å²) in [7, 11) is 0. The number of aryl methyl sites for hydroxylation is 1. The quantitative estimate of drug-likeness (QED) is 0.753. The van der Waals surface area contributed by atoms with Gasteiger partial charge in [0.25, 0.3) is 5.71 Å². The van der Waals surface area contributed by atoms with Crippen molar-refractivity contribution < 1.29 is 9.32 Å². The average molecular weight is 283 g/mol. The predicted octanol–water partition coefficient (Wildman–Crippen LogP) is 1.64. The van der Waals surface area contributed by atoms with E-state index in [0.29, 0.717) is 23.6 Å². The van der Waals surface area contributed by atoms with Crippen LogP contribution in [0.5, 0.6) is 0 Å². The molecule has 3 aromatic rings. The Kier molecular flexibility index (Phi) is 3.23. The minimum atomic E-state index is -0.438. The second-order valence-electron chi connectivity index (χ2n) is 4.59. The van der Waals surface area contributed by atoms with Crippen molar-refractivity contribution >= 4 is 22.8 Å². The first-order chi connectivity index (χ1) is 10.1. The molecule has 3 N–H and O–H groups in total. The molecule has 21 heavy (non-hydrogen) atoms. The van der Waals surface area contributed by atoms with Crippen molar-refractivity contribution in [3.8, 4) is 0 Å². The van der Waals surface area contributed by atoms with Gasteiger partial charge >= 0.3 is 0 Å². The van der Waals surface area contributed by atoms with Crippen molar-refractivity contribution in [1.29, 1.82) is 0 Å². The lowest BCUT2D eigenvalue weighted by Crippen LogP contribution is -2.11. The van der Waals surface area contributed by atoms with E-state index in [-0.39, 0.29) is 0 Å². The van der Waals surface area contributed by atoms with Gasteiger partial charge in [-0.3, -0.25) is 4.79 Å². The van der Waals surface area contributed by atoms with Crippen molar-refractivity contribution in [2.24, 2.45) is 5.73 Å². The number of rotatable bonds is 4. The van der Waals surface area contributed by atoms with Crippen LogP contribution in [-0.4, -0.2) is 21.0 Å². The zero-order chi connectivity index (χ0) is 14.8. The number of anilines is 1. The standard InChI is InChI=1S/C14H13N5O2/c1-8-11-13(17-7-18-14(11)21-19-8)16-6-9-2-4-10(5-3-9)12(15)20/h2-5,7H,6H2,1H3,(H2,15,20)(H,16,17,18). The SMILES string of the molecule is Cc1noc2ncnc(NCc3ccc(C(N)=O)cc3)c12. The van der Waals surface area contributed by atoms with Crippen molar-refractivity contribution in [2.45, 2.75) is 13.5 Å². The summed E-state index contributed by atoms with van der Waals surface area (Å²) in [6, 6.07) is 7.07. The minimum Gasteiger partial charge on any atom is -0.366 e. The van der Waals surface area contributed by atoms with Crippen LogP contribution in [0.4, 0.5) is 5.82 Å². The Morgan fingerprint density at radius 2 is 2.05 bits per heavy atom. The van der Waals surface area contributed by atoms with E-state index in [9.17, 15) is 4.79 Å². The maximum Gasteiger partial charge on any atom is 0.263 e. The third kappa shape index (κ3) is 2.53. The summed E-state index contributed by atoms with van der Waals surface area (Å²) in [5.41, 5.74) is 7.88. The molecule has 0 fully saturated rings. The summed E-state index contributed by atoms with van der Waals surface area (Å²) in [4.78, 5) is 19.2. The van der Waals surface area contributed by atoms with E-state index in [4.69, 9.17) is 10.3 Å². The Bertz CT molecular complexity index is 795. The number of fused-ring (bicyclic) bond motifs is 1. The average Bonchev–Trinajstić information content (AvgIpc) is 2.88. The Labute approximate surface area is 120 Å². The topological polar surface area (TPSA) is 107 Å². The van der Waals surface area contributed by atoms with Gasteiger partial charge in [0.2, 0.25) is 5.91 Å². The van der Waals surface area contributed by atoms with Crippen molar-refractivity contribution in [3.05, 3.63) is 47.4 Å². The van der Waals surface area contributed by atoms with E-state index >= 15 is 0 Å². The van der Waals surface area contributed by atoms with Gasteiger partial charge in [-0.05, 0) is 24.6 Å². The first-order valence-electron chi connectivity index (χ1n) is 6.35. The maximum absolute atomic E-state index is 11.0. The summed E-state index contributed by atoms with van der Waals surface area (Å²) in [5.74, 6) is 0.227. The molecule has 2 heterocycles. The van der Waals surface area contributed by atoms with E-state index in [0.717, 1.165) is 16.6 Å². The van der Waals surface area contributed by atoms with Crippen LogP contribution in [0.15, 0.2) is 35.1 Å². The molecule has 0 aliphatic heterocycles. The molecule has 0 atom stereocenters. The smallest absolute Gasteiger partial charge is 0.263 e. The van der Waals surface area contributed by atoms with Gasteiger partial charge < -0.3 is 15.6 Å². The molecule has 3 rings (SSSR count). The van der Waals surface area contributed by atoms with Crippen LogP contribution < -0.4 is 11.1 Å². The first-order valence-corrected chi connectivity index (χ1v) is 6.35. The zero-order valence-electron chi connectivity index (χ0n) is 11.3.